The van der Waals surface area contributed by atoms with Crippen molar-refractivity contribution in [2.75, 3.05) is 12.3 Å². The highest BCUT2D eigenvalue weighted by Crippen LogP contribution is 2.16. The molecular weight excluding hydrogens is 271 g/mol. The van der Waals surface area contributed by atoms with Crippen molar-refractivity contribution in [1.29, 1.82) is 0 Å². The molecule has 21 heavy (non-hydrogen) atoms. The van der Waals surface area contributed by atoms with E-state index in [0.29, 0.717) is 42.0 Å². The van der Waals surface area contributed by atoms with Crippen LogP contribution in [0, 0.1) is 5.82 Å². The summed E-state index contributed by atoms with van der Waals surface area (Å²) in [7, 11) is 1.68. The Balaban J connectivity index is 2.00. The van der Waals surface area contributed by atoms with Crippen molar-refractivity contribution in [3.8, 4) is 0 Å². The molecule has 1 amide bonds. The Bertz CT molecular complexity index is 651. The van der Waals surface area contributed by atoms with Gasteiger partial charge in [0.25, 0.3) is 5.91 Å². The van der Waals surface area contributed by atoms with Gasteiger partial charge in [0.05, 0.1) is 11.4 Å². The maximum absolute atomic E-state index is 13.5. The van der Waals surface area contributed by atoms with Gasteiger partial charge in [0.1, 0.15) is 11.5 Å². The molecular formula is C15H19FN4O. The first-order valence-electron chi connectivity index (χ1n) is 6.87. The van der Waals surface area contributed by atoms with Gasteiger partial charge in [-0.05, 0) is 24.5 Å². The van der Waals surface area contributed by atoms with E-state index in [4.69, 9.17) is 5.73 Å². The van der Waals surface area contributed by atoms with Gasteiger partial charge in [0, 0.05) is 13.6 Å². The van der Waals surface area contributed by atoms with Crippen molar-refractivity contribution in [1.82, 2.24) is 15.1 Å². The predicted molar refractivity (Wildman–Crippen MR) is 79.4 cm³/mol. The Labute approximate surface area is 123 Å². The smallest absolute Gasteiger partial charge is 0.271 e. The van der Waals surface area contributed by atoms with Gasteiger partial charge < -0.3 is 11.1 Å². The molecule has 6 heteroatoms. The second-order valence-corrected chi connectivity index (χ2v) is 4.78. The van der Waals surface area contributed by atoms with E-state index in [1.165, 1.54) is 10.7 Å². The summed E-state index contributed by atoms with van der Waals surface area (Å²) in [5, 5.41) is 6.95. The molecule has 1 heterocycles. The fourth-order valence-electron chi connectivity index (χ4n) is 2.22. The van der Waals surface area contributed by atoms with Crippen LogP contribution in [-0.2, 0) is 19.9 Å². The van der Waals surface area contributed by atoms with Gasteiger partial charge in [0.2, 0.25) is 0 Å². The monoisotopic (exact) mass is 290 g/mol. The number of nitrogens with two attached hydrogens (primary N) is 1. The Kier molecular flexibility index (Phi) is 4.57. The predicted octanol–water partition coefficient (Wildman–Crippen LogP) is 1.68. The van der Waals surface area contributed by atoms with Crippen LogP contribution in [0.15, 0.2) is 24.3 Å². The number of nitrogens with one attached hydrogen (secondary N) is 1. The number of amides is 1. The first kappa shape index (κ1) is 15.0. The van der Waals surface area contributed by atoms with Crippen LogP contribution in [0.2, 0.25) is 0 Å². The lowest BCUT2D eigenvalue weighted by molar-refractivity contribution is 0.0945. The quantitative estimate of drug-likeness (QED) is 0.880. The zero-order valence-electron chi connectivity index (χ0n) is 12.2. The van der Waals surface area contributed by atoms with E-state index < -0.39 is 0 Å². The largest absolute Gasteiger partial charge is 0.395 e. The highest BCUT2D eigenvalue weighted by Gasteiger charge is 2.18. The minimum atomic E-state index is -0.293. The normalized spacial score (nSPS) is 10.6. The Morgan fingerprint density at radius 3 is 2.76 bits per heavy atom. The van der Waals surface area contributed by atoms with Crippen LogP contribution in [0.5, 0.6) is 0 Å². The number of nitrogen functional groups attached to an aromatic ring is 1. The molecule has 0 radical (unpaired) electrons. The average molecular weight is 290 g/mol. The van der Waals surface area contributed by atoms with Crippen LogP contribution in [0.3, 0.4) is 0 Å². The standard InChI is InChI=1S/C15H19FN4O/c1-3-12-13(17)14(20(2)19-12)15(21)18-9-8-10-6-4-5-7-11(10)16/h4-7H,3,8-9,17H2,1-2H3,(H,18,21). The number of rotatable bonds is 5. The summed E-state index contributed by atoms with van der Waals surface area (Å²) in [5.41, 5.74) is 7.95. The van der Waals surface area contributed by atoms with E-state index in [0.717, 1.165) is 0 Å². The lowest BCUT2D eigenvalue weighted by Crippen LogP contribution is -2.28. The molecule has 0 aliphatic rings. The van der Waals surface area contributed by atoms with Crippen molar-refractivity contribution in [3.05, 3.63) is 47.0 Å². The molecule has 0 aliphatic carbocycles. The first-order valence-corrected chi connectivity index (χ1v) is 6.87. The first-order chi connectivity index (χ1) is 10.0. The van der Waals surface area contributed by atoms with Crippen molar-refractivity contribution < 1.29 is 9.18 Å². The van der Waals surface area contributed by atoms with Gasteiger partial charge in [-0.1, -0.05) is 25.1 Å². The van der Waals surface area contributed by atoms with Crippen LogP contribution < -0.4 is 11.1 Å². The minimum absolute atomic E-state index is 0.264. The number of aromatic nitrogens is 2. The third-order valence-corrected chi connectivity index (χ3v) is 3.35. The van der Waals surface area contributed by atoms with Gasteiger partial charge in [0.15, 0.2) is 0 Å². The molecule has 3 N–H and O–H groups in total. The minimum Gasteiger partial charge on any atom is -0.395 e. The third-order valence-electron chi connectivity index (χ3n) is 3.35. The molecule has 2 aromatic rings. The number of hydrogen-bond acceptors (Lipinski definition) is 3. The van der Waals surface area contributed by atoms with Crippen LogP contribution in [0.25, 0.3) is 0 Å². The fraction of sp³-hybridized carbons (Fsp3) is 0.333. The van der Waals surface area contributed by atoms with Crippen LogP contribution in [0.4, 0.5) is 10.1 Å². The second-order valence-electron chi connectivity index (χ2n) is 4.78. The molecule has 0 aliphatic heterocycles. The zero-order chi connectivity index (χ0) is 15.4. The highest BCUT2D eigenvalue weighted by atomic mass is 19.1. The zero-order valence-corrected chi connectivity index (χ0v) is 12.2. The molecule has 0 saturated heterocycles. The van der Waals surface area contributed by atoms with Crippen LogP contribution in [-0.4, -0.2) is 22.2 Å². The third kappa shape index (κ3) is 3.21. The van der Waals surface area contributed by atoms with E-state index in [-0.39, 0.29) is 11.7 Å². The molecule has 1 aromatic carbocycles. The summed E-state index contributed by atoms with van der Waals surface area (Å²) in [4.78, 5) is 12.1. The highest BCUT2D eigenvalue weighted by molar-refractivity contribution is 5.97. The Morgan fingerprint density at radius 2 is 2.14 bits per heavy atom. The molecule has 0 bridgehead atoms. The van der Waals surface area contributed by atoms with Gasteiger partial charge in [-0.25, -0.2) is 4.39 Å². The molecule has 2 rings (SSSR count). The molecule has 0 unspecified atom stereocenters. The van der Waals surface area contributed by atoms with E-state index in [9.17, 15) is 9.18 Å². The van der Waals surface area contributed by atoms with Gasteiger partial charge in [-0.2, -0.15) is 5.10 Å². The van der Waals surface area contributed by atoms with E-state index in [2.05, 4.69) is 10.4 Å². The second kappa shape index (κ2) is 6.39. The summed E-state index contributed by atoms with van der Waals surface area (Å²) in [6.45, 7) is 2.27. The molecule has 0 saturated carbocycles. The van der Waals surface area contributed by atoms with E-state index in [1.54, 1.807) is 25.2 Å². The van der Waals surface area contributed by atoms with Crippen molar-refractivity contribution in [2.45, 2.75) is 19.8 Å². The fourth-order valence-corrected chi connectivity index (χ4v) is 2.22. The number of benzene rings is 1. The van der Waals surface area contributed by atoms with Gasteiger partial charge in [-0.3, -0.25) is 9.48 Å². The maximum atomic E-state index is 13.5. The summed E-state index contributed by atoms with van der Waals surface area (Å²) in [6.07, 6.45) is 1.10. The lowest BCUT2D eigenvalue weighted by atomic mass is 10.1. The maximum Gasteiger partial charge on any atom is 0.271 e. The van der Waals surface area contributed by atoms with Gasteiger partial charge in [-0.15, -0.1) is 0 Å². The Morgan fingerprint density at radius 1 is 1.43 bits per heavy atom. The van der Waals surface area contributed by atoms with Gasteiger partial charge >= 0.3 is 0 Å². The molecule has 0 atom stereocenters. The van der Waals surface area contributed by atoms with Crippen LogP contribution in [0.1, 0.15) is 28.7 Å². The molecule has 1 aromatic heterocycles. The number of halogens is 1. The summed E-state index contributed by atoms with van der Waals surface area (Å²) in [5.74, 6) is -0.557. The SMILES string of the molecule is CCc1nn(C)c(C(=O)NCCc2ccccc2F)c1N. The number of carbonyl (C=O) groups is 1. The summed E-state index contributed by atoms with van der Waals surface area (Å²) < 4.78 is 14.9. The lowest BCUT2D eigenvalue weighted by Gasteiger charge is -2.07. The number of nitrogens with zero attached hydrogens (tertiary/aromatic N) is 2. The van der Waals surface area contributed by atoms with Crippen molar-refractivity contribution in [3.63, 3.8) is 0 Å². The van der Waals surface area contributed by atoms with Crippen molar-refractivity contribution in [2.24, 2.45) is 7.05 Å². The topological polar surface area (TPSA) is 72.9 Å². The van der Waals surface area contributed by atoms with E-state index in [1.807, 2.05) is 6.92 Å². The van der Waals surface area contributed by atoms with Crippen molar-refractivity contribution >= 4 is 11.6 Å². The molecule has 0 spiro atoms. The number of aryl methyl sites for hydroxylation is 2. The number of carbonyl (C=O) groups excluding carboxylic acids is 1. The Hall–Kier alpha value is -2.37. The molecule has 112 valence electrons. The molecule has 5 nitrogen and oxygen atoms in total. The summed E-state index contributed by atoms with van der Waals surface area (Å²) >= 11 is 0. The number of anilines is 1. The van der Waals surface area contributed by atoms with E-state index >= 15 is 0 Å². The van der Waals surface area contributed by atoms with Crippen LogP contribution >= 0.6 is 0 Å². The summed E-state index contributed by atoms with van der Waals surface area (Å²) in [6, 6.07) is 6.52. The average Bonchev–Trinajstić information content (AvgIpc) is 2.75. The number of hydrogen-bond donors (Lipinski definition) is 2. The molecule has 0 fully saturated rings.